The van der Waals surface area contributed by atoms with E-state index in [0.29, 0.717) is 5.75 Å². The summed E-state index contributed by atoms with van der Waals surface area (Å²) in [6.45, 7) is 1.74. The van der Waals surface area contributed by atoms with Crippen LogP contribution >= 0.6 is 0 Å². The quantitative estimate of drug-likeness (QED) is 0.589. The van der Waals surface area contributed by atoms with Gasteiger partial charge in [-0.1, -0.05) is 0 Å². The highest BCUT2D eigenvalue weighted by atomic mass is 16.3. The summed E-state index contributed by atoms with van der Waals surface area (Å²) in [5, 5.41) is 11.0. The van der Waals surface area contributed by atoms with Gasteiger partial charge in [-0.25, -0.2) is 0 Å². The number of nitrogens with zero attached hydrogens (tertiary/aromatic N) is 1. The number of aromatic amines is 1. The molecule has 25 heavy (non-hydrogen) atoms. The molecule has 1 unspecified atom stereocenters. The van der Waals surface area contributed by atoms with Gasteiger partial charge in [0.1, 0.15) is 5.75 Å². The topological polar surface area (TPSA) is 65.5 Å². The zero-order valence-electron chi connectivity index (χ0n) is 13.6. The van der Waals surface area contributed by atoms with Crippen LogP contribution in [0.15, 0.2) is 64.2 Å². The molecule has 3 aromatic heterocycles. The third kappa shape index (κ3) is 2.36. The first-order chi connectivity index (χ1) is 12.3. The molecule has 0 bridgehead atoms. The van der Waals surface area contributed by atoms with E-state index in [1.807, 2.05) is 30.5 Å². The lowest BCUT2D eigenvalue weighted by Crippen LogP contribution is -2.35. The molecule has 5 rings (SSSR count). The minimum atomic E-state index is 0.0898. The summed E-state index contributed by atoms with van der Waals surface area (Å²) < 4.78 is 10.6. The molecule has 4 heterocycles. The molecule has 4 aromatic rings. The molecule has 1 aromatic carbocycles. The monoisotopic (exact) mass is 334 g/mol. The lowest BCUT2D eigenvalue weighted by molar-refractivity contribution is 0.201. The minimum Gasteiger partial charge on any atom is -0.508 e. The highest BCUT2D eigenvalue weighted by Gasteiger charge is 2.32. The van der Waals surface area contributed by atoms with E-state index in [0.717, 1.165) is 41.5 Å². The van der Waals surface area contributed by atoms with Crippen LogP contribution in [0.4, 0.5) is 0 Å². The Balaban J connectivity index is 1.64. The van der Waals surface area contributed by atoms with Crippen molar-refractivity contribution in [1.29, 1.82) is 0 Å². The van der Waals surface area contributed by atoms with E-state index in [9.17, 15) is 5.11 Å². The fourth-order valence-corrected chi connectivity index (χ4v) is 3.92. The third-order valence-electron chi connectivity index (χ3n) is 5.04. The van der Waals surface area contributed by atoms with Crippen LogP contribution in [0.25, 0.3) is 10.9 Å². The summed E-state index contributed by atoms with van der Waals surface area (Å²) in [6.07, 6.45) is 7.97. The molecule has 1 aliphatic heterocycles. The second-order valence-electron chi connectivity index (χ2n) is 6.56. The minimum absolute atomic E-state index is 0.0898. The SMILES string of the molecule is Oc1ccc2[nH]c3c(c2c1)CCN(Cc1ccoc1)C3c1ccoc1. The smallest absolute Gasteiger partial charge is 0.116 e. The van der Waals surface area contributed by atoms with Crippen LogP contribution < -0.4 is 0 Å². The van der Waals surface area contributed by atoms with E-state index < -0.39 is 0 Å². The normalized spacial score (nSPS) is 17.8. The number of hydrogen-bond acceptors (Lipinski definition) is 4. The van der Waals surface area contributed by atoms with Gasteiger partial charge in [0.25, 0.3) is 0 Å². The Hall–Kier alpha value is -2.92. The van der Waals surface area contributed by atoms with Gasteiger partial charge in [-0.05, 0) is 42.3 Å². The van der Waals surface area contributed by atoms with Crippen LogP contribution in [0.5, 0.6) is 5.75 Å². The molecule has 1 atom stereocenters. The molecule has 0 spiro atoms. The molecule has 2 N–H and O–H groups in total. The van der Waals surface area contributed by atoms with Gasteiger partial charge in [-0.3, -0.25) is 4.90 Å². The number of aromatic hydroxyl groups is 1. The first-order valence-electron chi connectivity index (χ1n) is 8.40. The number of benzene rings is 1. The van der Waals surface area contributed by atoms with Crippen molar-refractivity contribution >= 4 is 10.9 Å². The average Bonchev–Trinajstić information content (AvgIpc) is 3.35. The second kappa shape index (κ2) is 5.57. The standard InChI is InChI=1S/C20H18N2O3/c23-15-1-2-18-17(9-15)16-3-6-22(10-13-4-7-24-11-13)20(19(16)21-18)14-5-8-25-12-14/h1-2,4-5,7-9,11-12,20-21,23H,3,6,10H2. The fourth-order valence-electron chi connectivity index (χ4n) is 3.92. The van der Waals surface area contributed by atoms with Crippen LogP contribution in [0.1, 0.15) is 28.4 Å². The molecule has 5 nitrogen and oxygen atoms in total. The second-order valence-corrected chi connectivity index (χ2v) is 6.56. The Morgan fingerprint density at radius 3 is 2.80 bits per heavy atom. The zero-order valence-corrected chi connectivity index (χ0v) is 13.6. The summed E-state index contributed by atoms with van der Waals surface area (Å²) in [5.74, 6) is 0.301. The first-order valence-corrected chi connectivity index (χ1v) is 8.40. The van der Waals surface area contributed by atoms with Gasteiger partial charge in [0.15, 0.2) is 0 Å². The van der Waals surface area contributed by atoms with Crippen molar-refractivity contribution in [1.82, 2.24) is 9.88 Å². The Bertz CT molecular complexity index is 999. The van der Waals surface area contributed by atoms with Gasteiger partial charge in [-0.15, -0.1) is 0 Å². The van der Waals surface area contributed by atoms with Crippen molar-refractivity contribution in [3.63, 3.8) is 0 Å². The van der Waals surface area contributed by atoms with Gasteiger partial charge in [0, 0.05) is 40.8 Å². The Morgan fingerprint density at radius 2 is 2.00 bits per heavy atom. The molecular weight excluding hydrogens is 316 g/mol. The number of nitrogens with one attached hydrogen (secondary N) is 1. The van der Waals surface area contributed by atoms with Crippen LogP contribution in [-0.4, -0.2) is 21.5 Å². The van der Waals surface area contributed by atoms with Crippen molar-refractivity contribution in [2.45, 2.75) is 19.0 Å². The molecule has 0 fully saturated rings. The summed E-state index contributed by atoms with van der Waals surface area (Å²) in [5.41, 5.74) is 5.80. The van der Waals surface area contributed by atoms with E-state index in [4.69, 9.17) is 8.83 Å². The molecule has 5 heteroatoms. The Kier molecular flexibility index (Phi) is 3.21. The van der Waals surface area contributed by atoms with E-state index in [1.54, 1.807) is 24.9 Å². The highest BCUT2D eigenvalue weighted by Crippen LogP contribution is 2.39. The number of rotatable bonds is 3. The van der Waals surface area contributed by atoms with Gasteiger partial charge in [0.05, 0.1) is 31.1 Å². The van der Waals surface area contributed by atoms with Gasteiger partial charge < -0.3 is 18.9 Å². The van der Waals surface area contributed by atoms with Gasteiger partial charge in [0.2, 0.25) is 0 Å². The van der Waals surface area contributed by atoms with Crippen molar-refractivity contribution in [2.24, 2.45) is 0 Å². The largest absolute Gasteiger partial charge is 0.508 e. The number of phenols is 1. The van der Waals surface area contributed by atoms with E-state index in [-0.39, 0.29) is 6.04 Å². The zero-order chi connectivity index (χ0) is 16.8. The first kappa shape index (κ1) is 14.4. The molecule has 1 aliphatic rings. The molecule has 126 valence electrons. The molecule has 0 aliphatic carbocycles. The Labute approximate surface area is 144 Å². The Morgan fingerprint density at radius 1 is 1.12 bits per heavy atom. The molecule has 0 saturated carbocycles. The van der Waals surface area contributed by atoms with Crippen LogP contribution in [0.3, 0.4) is 0 Å². The average molecular weight is 334 g/mol. The van der Waals surface area contributed by atoms with Gasteiger partial charge >= 0.3 is 0 Å². The van der Waals surface area contributed by atoms with E-state index in [2.05, 4.69) is 9.88 Å². The lowest BCUT2D eigenvalue weighted by Gasteiger charge is -2.35. The summed E-state index contributed by atoms with van der Waals surface area (Å²) >= 11 is 0. The maximum atomic E-state index is 9.87. The summed E-state index contributed by atoms with van der Waals surface area (Å²) in [7, 11) is 0. The third-order valence-corrected chi connectivity index (χ3v) is 5.04. The number of H-pyrrole nitrogens is 1. The lowest BCUT2D eigenvalue weighted by atomic mass is 9.93. The van der Waals surface area contributed by atoms with Crippen LogP contribution in [0, 0.1) is 0 Å². The van der Waals surface area contributed by atoms with Crippen molar-refractivity contribution in [3.8, 4) is 5.75 Å². The van der Waals surface area contributed by atoms with Crippen molar-refractivity contribution < 1.29 is 13.9 Å². The summed E-state index contributed by atoms with van der Waals surface area (Å²) in [4.78, 5) is 6.00. The number of furan rings is 2. The molecule has 0 amide bonds. The maximum absolute atomic E-state index is 9.87. The predicted octanol–water partition coefficient (Wildman–Crippen LogP) is 4.21. The van der Waals surface area contributed by atoms with Crippen molar-refractivity contribution in [2.75, 3.05) is 6.54 Å². The number of hydrogen-bond donors (Lipinski definition) is 2. The van der Waals surface area contributed by atoms with E-state index >= 15 is 0 Å². The number of fused-ring (bicyclic) bond motifs is 3. The van der Waals surface area contributed by atoms with Crippen LogP contribution in [-0.2, 0) is 13.0 Å². The van der Waals surface area contributed by atoms with Crippen LogP contribution in [0.2, 0.25) is 0 Å². The highest BCUT2D eigenvalue weighted by molar-refractivity contribution is 5.86. The maximum Gasteiger partial charge on any atom is 0.116 e. The number of aromatic nitrogens is 1. The molecule has 0 saturated heterocycles. The predicted molar refractivity (Wildman–Crippen MR) is 93.3 cm³/mol. The van der Waals surface area contributed by atoms with E-state index in [1.165, 1.54) is 11.3 Å². The molecular formula is C20H18N2O3. The van der Waals surface area contributed by atoms with Gasteiger partial charge in [-0.2, -0.15) is 0 Å². The fraction of sp³-hybridized carbons (Fsp3) is 0.200. The summed E-state index contributed by atoms with van der Waals surface area (Å²) in [6, 6.07) is 9.63. The molecule has 0 radical (unpaired) electrons. The number of phenolic OH excluding ortho intramolecular Hbond substituents is 1. The van der Waals surface area contributed by atoms with Crippen molar-refractivity contribution in [3.05, 3.63) is 77.8 Å².